The maximum Gasteiger partial charge on any atom is 0.340 e. The molecule has 0 spiro atoms. The van der Waals surface area contributed by atoms with E-state index in [0.29, 0.717) is 27.4 Å². The van der Waals surface area contributed by atoms with Gasteiger partial charge in [0, 0.05) is 22.8 Å². The van der Waals surface area contributed by atoms with Crippen LogP contribution in [-0.4, -0.2) is 29.3 Å². The molecule has 0 bridgehead atoms. The van der Waals surface area contributed by atoms with Gasteiger partial charge in [-0.2, -0.15) is 0 Å². The lowest BCUT2D eigenvalue weighted by Gasteiger charge is -2.09. The van der Waals surface area contributed by atoms with Crippen LogP contribution in [0.2, 0.25) is 5.02 Å². The van der Waals surface area contributed by atoms with Crippen LogP contribution in [-0.2, 0) is 16.1 Å². The van der Waals surface area contributed by atoms with Gasteiger partial charge in [-0.1, -0.05) is 60.1 Å². The number of aromatic amines is 1. The number of H-pyrrole nitrogens is 1. The first-order chi connectivity index (χ1) is 14.4. The second-order valence-electron chi connectivity index (χ2n) is 6.56. The third-order valence-corrected chi connectivity index (χ3v) is 4.93. The fourth-order valence-corrected chi connectivity index (χ4v) is 3.36. The van der Waals surface area contributed by atoms with E-state index in [1.54, 1.807) is 62.4 Å². The van der Waals surface area contributed by atoms with Crippen molar-refractivity contribution in [2.24, 2.45) is 0 Å². The summed E-state index contributed by atoms with van der Waals surface area (Å²) in [6, 6.07) is 16.0. The Hall–Kier alpha value is -3.38. The number of halogens is 1. The predicted molar refractivity (Wildman–Crippen MR) is 115 cm³/mol. The molecule has 0 atom stereocenters. The molecule has 1 heterocycles. The van der Waals surface area contributed by atoms with Crippen LogP contribution >= 0.6 is 11.6 Å². The van der Waals surface area contributed by atoms with E-state index in [1.165, 1.54) is 0 Å². The van der Waals surface area contributed by atoms with Crippen LogP contribution in [0.15, 0.2) is 54.6 Å². The van der Waals surface area contributed by atoms with Crippen molar-refractivity contribution < 1.29 is 19.1 Å². The molecule has 6 nitrogen and oxygen atoms in total. The molecule has 154 valence electrons. The number of nitrogens with one attached hydrogen (secondary N) is 2. The summed E-state index contributed by atoms with van der Waals surface area (Å²) in [4.78, 5) is 41.0. The van der Waals surface area contributed by atoms with Crippen molar-refractivity contribution >= 4 is 29.3 Å². The van der Waals surface area contributed by atoms with Crippen molar-refractivity contribution in [3.05, 3.63) is 82.1 Å². The van der Waals surface area contributed by atoms with Gasteiger partial charge in [-0.05, 0) is 31.0 Å². The second-order valence-corrected chi connectivity index (χ2v) is 6.97. The highest BCUT2D eigenvalue weighted by molar-refractivity contribution is 6.43. The van der Waals surface area contributed by atoms with Crippen molar-refractivity contribution in [3.63, 3.8) is 0 Å². The van der Waals surface area contributed by atoms with Gasteiger partial charge in [0.25, 0.3) is 11.7 Å². The largest absolute Gasteiger partial charge is 0.462 e. The number of ketones is 1. The summed E-state index contributed by atoms with van der Waals surface area (Å²) in [6.45, 7) is 3.67. The molecule has 0 aliphatic heterocycles. The third-order valence-electron chi connectivity index (χ3n) is 4.56. The van der Waals surface area contributed by atoms with E-state index in [1.807, 2.05) is 6.07 Å². The van der Waals surface area contributed by atoms with Crippen molar-refractivity contribution in [2.45, 2.75) is 20.4 Å². The van der Waals surface area contributed by atoms with Crippen LogP contribution in [0, 0.1) is 6.92 Å². The normalized spacial score (nSPS) is 10.5. The van der Waals surface area contributed by atoms with E-state index in [0.717, 1.165) is 0 Å². The lowest BCUT2D eigenvalue weighted by atomic mass is 9.98. The molecule has 30 heavy (non-hydrogen) atoms. The first-order valence-electron chi connectivity index (χ1n) is 9.45. The lowest BCUT2D eigenvalue weighted by Crippen LogP contribution is -2.31. The van der Waals surface area contributed by atoms with E-state index in [2.05, 4.69) is 10.3 Å². The molecule has 7 heteroatoms. The Bertz CT molecular complexity index is 1090. The number of hydrogen-bond acceptors (Lipinski definition) is 4. The van der Waals surface area contributed by atoms with Crippen molar-refractivity contribution in [1.29, 1.82) is 0 Å². The maximum atomic E-state index is 13.0. The molecule has 0 saturated carbocycles. The van der Waals surface area contributed by atoms with Crippen molar-refractivity contribution in [3.8, 4) is 11.1 Å². The Morgan fingerprint density at radius 3 is 2.37 bits per heavy atom. The van der Waals surface area contributed by atoms with Gasteiger partial charge in [0.1, 0.15) is 5.69 Å². The number of carbonyl (C=O) groups is 3. The van der Waals surface area contributed by atoms with Crippen molar-refractivity contribution in [2.75, 3.05) is 6.61 Å². The quantitative estimate of drug-likeness (QED) is 0.336. The minimum Gasteiger partial charge on any atom is -0.462 e. The minimum atomic E-state index is -0.802. The zero-order chi connectivity index (χ0) is 21.7. The molecule has 0 unspecified atom stereocenters. The predicted octanol–water partition coefficient (Wildman–Crippen LogP) is 4.32. The number of Topliss-reactive ketones (excluding diaryl/α,β-unsaturated/α-hetero) is 1. The number of aromatic nitrogens is 1. The lowest BCUT2D eigenvalue weighted by molar-refractivity contribution is -0.117. The Morgan fingerprint density at radius 2 is 1.70 bits per heavy atom. The van der Waals surface area contributed by atoms with Gasteiger partial charge < -0.3 is 15.0 Å². The minimum absolute atomic E-state index is 0.0402. The first-order valence-corrected chi connectivity index (χ1v) is 9.82. The number of ether oxygens (including phenoxy) is 1. The van der Waals surface area contributed by atoms with E-state index in [-0.39, 0.29) is 24.4 Å². The average molecular weight is 425 g/mol. The van der Waals surface area contributed by atoms with E-state index in [4.69, 9.17) is 16.3 Å². The number of rotatable bonds is 7. The fourth-order valence-electron chi connectivity index (χ4n) is 3.16. The molecule has 0 aliphatic carbocycles. The fraction of sp³-hybridized carbons (Fsp3) is 0.174. The summed E-state index contributed by atoms with van der Waals surface area (Å²) in [7, 11) is 0. The van der Waals surface area contributed by atoms with Crippen LogP contribution in [0.25, 0.3) is 11.1 Å². The summed E-state index contributed by atoms with van der Waals surface area (Å²) >= 11 is 6.10. The highest BCUT2D eigenvalue weighted by atomic mass is 35.5. The topological polar surface area (TPSA) is 88.3 Å². The summed E-state index contributed by atoms with van der Waals surface area (Å²) in [5.41, 5.74) is 2.41. The Morgan fingerprint density at radius 1 is 1.03 bits per heavy atom. The molecule has 0 saturated heterocycles. The molecule has 3 rings (SSSR count). The Kier molecular flexibility index (Phi) is 6.69. The number of hydrogen-bond donors (Lipinski definition) is 2. The first kappa shape index (κ1) is 21.3. The van der Waals surface area contributed by atoms with E-state index >= 15 is 0 Å². The molecular weight excluding hydrogens is 404 g/mol. The van der Waals surface area contributed by atoms with Gasteiger partial charge in [-0.15, -0.1) is 0 Å². The molecule has 0 fully saturated rings. The highest BCUT2D eigenvalue weighted by Crippen LogP contribution is 2.31. The zero-order valence-electron chi connectivity index (χ0n) is 16.6. The molecular formula is C23H21ClN2O4. The summed E-state index contributed by atoms with van der Waals surface area (Å²) < 4.78 is 5.16. The number of amides is 1. The van der Waals surface area contributed by atoms with Crippen molar-refractivity contribution in [1.82, 2.24) is 10.3 Å². The van der Waals surface area contributed by atoms with Crippen LogP contribution in [0.4, 0.5) is 0 Å². The molecule has 3 aromatic rings. The zero-order valence-corrected chi connectivity index (χ0v) is 17.4. The van der Waals surface area contributed by atoms with E-state index in [9.17, 15) is 14.4 Å². The van der Waals surface area contributed by atoms with Crippen LogP contribution in [0.5, 0.6) is 0 Å². The van der Waals surface area contributed by atoms with Gasteiger partial charge in [0.2, 0.25) is 0 Å². The van der Waals surface area contributed by atoms with Gasteiger partial charge >= 0.3 is 5.97 Å². The van der Waals surface area contributed by atoms with Crippen LogP contribution < -0.4 is 5.32 Å². The van der Waals surface area contributed by atoms with E-state index < -0.39 is 17.7 Å². The third kappa shape index (κ3) is 4.44. The second kappa shape index (κ2) is 9.41. The Balaban J connectivity index is 1.95. The SMILES string of the molecule is CCOC(=O)c1c(C)[nH]c(C(=O)C(=O)NCc2ccccc2Cl)c1-c1ccccc1. The molecule has 1 aromatic heterocycles. The number of aryl methyl sites for hydroxylation is 1. The highest BCUT2D eigenvalue weighted by Gasteiger charge is 2.29. The van der Waals surface area contributed by atoms with Gasteiger partial charge in [0.05, 0.1) is 12.2 Å². The summed E-state index contributed by atoms with van der Waals surface area (Å²) in [5, 5.41) is 3.09. The average Bonchev–Trinajstić information content (AvgIpc) is 3.10. The number of esters is 1. The monoisotopic (exact) mass is 424 g/mol. The maximum absolute atomic E-state index is 13.0. The van der Waals surface area contributed by atoms with Crippen LogP contribution in [0.1, 0.15) is 39.0 Å². The summed E-state index contributed by atoms with van der Waals surface area (Å²) in [5.74, 6) is -2.14. The smallest absolute Gasteiger partial charge is 0.340 e. The molecule has 0 aliphatic rings. The summed E-state index contributed by atoms with van der Waals surface area (Å²) in [6.07, 6.45) is 0. The molecule has 0 radical (unpaired) electrons. The Labute approximate surface area is 179 Å². The standard InChI is InChI=1S/C23H21ClN2O4/c1-3-30-23(29)18-14(2)26-20(19(18)15-9-5-4-6-10-15)21(27)22(28)25-13-16-11-7-8-12-17(16)24/h4-12,26H,3,13H2,1-2H3,(H,25,28). The molecule has 2 aromatic carbocycles. The molecule has 1 amide bonds. The van der Waals surface area contributed by atoms with Gasteiger partial charge in [-0.25, -0.2) is 4.79 Å². The molecule has 2 N–H and O–H groups in total. The van der Waals surface area contributed by atoms with Gasteiger partial charge in [-0.3, -0.25) is 9.59 Å². The van der Waals surface area contributed by atoms with Gasteiger partial charge in [0.15, 0.2) is 0 Å². The number of benzene rings is 2. The number of carbonyl (C=O) groups excluding carboxylic acids is 3. The van der Waals surface area contributed by atoms with Crippen LogP contribution in [0.3, 0.4) is 0 Å².